The molecule has 3 aromatic rings. The zero-order chi connectivity index (χ0) is 18.5. The van der Waals surface area contributed by atoms with Crippen LogP contribution in [0.25, 0.3) is 11.3 Å². The Morgan fingerprint density at radius 3 is 2.50 bits per heavy atom. The van der Waals surface area contributed by atoms with E-state index in [2.05, 4.69) is 15.2 Å². The van der Waals surface area contributed by atoms with Crippen LogP contribution in [0.1, 0.15) is 35.2 Å². The molecule has 0 aliphatic heterocycles. The number of hydrogen-bond donors (Lipinski definition) is 1. The molecule has 2 heterocycles. The molecule has 0 fully saturated rings. The maximum atomic E-state index is 12.7. The van der Waals surface area contributed by atoms with Crippen LogP contribution in [0.3, 0.4) is 0 Å². The van der Waals surface area contributed by atoms with Gasteiger partial charge in [0.15, 0.2) is 5.78 Å². The molecule has 1 aromatic carbocycles. The van der Waals surface area contributed by atoms with Crippen LogP contribution in [0.15, 0.2) is 59.7 Å². The van der Waals surface area contributed by atoms with Gasteiger partial charge in [0, 0.05) is 24.4 Å². The van der Waals surface area contributed by atoms with Crippen molar-refractivity contribution >= 4 is 5.78 Å². The van der Waals surface area contributed by atoms with E-state index in [1.165, 1.54) is 6.07 Å². The van der Waals surface area contributed by atoms with E-state index in [9.17, 15) is 9.59 Å². The van der Waals surface area contributed by atoms with E-state index in [1.807, 2.05) is 31.2 Å². The van der Waals surface area contributed by atoms with Crippen molar-refractivity contribution in [3.63, 3.8) is 0 Å². The van der Waals surface area contributed by atoms with Gasteiger partial charge >= 0.3 is 0 Å². The van der Waals surface area contributed by atoms with Crippen molar-refractivity contribution in [1.82, 2.24) is 15.2 Å². The SMILES string of the molecule is COc1ccc([C@@H](C)CC(=O)c2cc(-c3ccncc3)n[nH]c2=O)cc1. The molecular formula is C20H19N3O3. The molecule has 0 aliphatic carbocycles. The summed E-state index contributed by atoms with van der Waals surface area (Å²) in [6, 6.07) is 12.7. The number of H-pyrrole nitrogens is 1. The number of carbonyl (C=O) groups excluding carboxylic acids is 1. The van der Waals surface area contributed by atoms with Gasteiger partial charge in [-0.2, -0.15) is 5.10 Å². The first-order chi connectivity index (χ1) is 12.6. The predicted octanol–water partition coefficient (Wildman–Crippen LogP) is 3.22. The van der Waals surface area contributed by atoms with Crippen molar-refractivity contribution in [3.05, 3.63) is 76.3 Å². The van der Waals surface area contributed by atoms with Crippen molar-refractivity contribution in [2.75, 3.05) is 7.11 Å². The second-order valence-electron chi connectivity index (χ2n) is 6.03. The average molecular weight is 349 g/mol. The first-order valence-electron chi connectivity index (χ1n) is 8.25. The minimum Gasteiger partial charge on any atom is -0.497 e. The van der Waals surface area contributed by atoms with Crippen LogP contribution >= 0.6 is 0 Å². The number of ketones is 1. The van der Waals surface area contributed by atoms with E-state index in [-0.39, 0.29) is 23.7 Å². The first kappa shape index (κ1) is 17.5. The lowest BCUT2D eigenvalue weighted by molar-refractivity contribution is 0.0974. The topological polar surface area (TPSA) is 84.9 Å². The number of aromatic nitrogens is 3. The quantitative estimate of drug-likeness (QED) is 0.691. The lowest BCUT2D eigenvalue weighted by atomic mass is 9.93. The summed E-state index contributed by atoms with van der Waals surface area (Å²) in [5, 5.41) is 6.43. The second-order valence-corrected chi connectivity index (χ2v) is 6.03. The Bertz CT molecular complexity index is 950. The molecule has 6 nitrogen and oxygen atoms in total. The number of aromatic amines is 1. The van der Waals surface area contributed by atoms with Gasteiger partial charge in [-0.25, -0.2) is 5.10 Å². The molecule has 0 saturated heterocycles. The Morgan fingerprint density at radius 2 is 1.85 bits per heavy atom. The van der Waals surface area contributed by atoms with Gasteiger partial charge in [0.25, 0.3) is 5.56 Å². The van der Waals surface area contributed by atoms with Crippen molar-refractivity contribution in [3.8, 4) is 17.0 Å². The van der Waals surface area contributed by atoms with Crippen LogP contribution in [0, 0.1) is 0 Å². The number of rotatable bonds is 6. The summed E-state index contributed by atoms with van der Waals surface area (Å²) >= 11 is 0. The summed E-state index contributed by atoms with van der Waals surface area (Å²) in [5.74, 6) is 0.525. The van der Waals surface area contributed by atoms with Gasteiger partial charge in [0.2, 0.25) is 0 Å². The van der Waals surface area contributed by atoms with Gasteiger partial charge in [-0.15, -0.1) is 0 Å². The molecule has 3 rings (SSSR count). The Morgan fingerprint density at radius 1 is 1.15 bits per heavy atom. The second kappa shape index (κ2) is 7.74. The lowest BCUT2D eigenvalue weighted by Crippen LogP contribution is -2.20. The van der Waals surface area contributed by atoms with E-state index < -0.39 is 5.56 Å². The van der Waals surface area contributed by atoms with Gasteiger partial charge < -0.3 is 4.74 Å². The number of nitrogens with one attached hydrogen (secondary N) is 1. The molecule has 0 bridgehead atoms. The van der Waals surface area contributed by atoms with Crippen molar-refractivity contribution in [1.29, 1.82) is 0 Å². The van der Waals surface area contributed by atoms with Gasteiger partial charge in [-0.05, 0) is 41.8 Å². The highest BCUT2D eigenvalue weighted by molar-refractivity contribution is 5.97. The fraction of sp³-hybridized carbons (Fsp3) is 0.200. The standard InChI is InChI=1S/C20H19N3O3/c1-13(14-3-5-16(26-2)6-4-14)11-19(24)17-12-18(22-23-20(17)25)15-7-9-21-10-8-15/h3-10,12-13H,11H2,1-2H3,(H,23,25)/t13-/m0/s1. The molecule has 0 aliphatic rings. The van der Waals surface area contributed by atoms with E-state index >= 15 is 0 Å². The van der Waals surface area contributed by atoms with Crippen molar-refractivity contribution in [2.45, 2.75) is 19.3 Å². The number of hydrogen-bond acceptors (Lipinski definition) is 5. The van der Waals surface area contributed by atoms with Gasteiger partial charge in [-0.3, -0.25) is 14.6 Å². The zero-order valence-electron chi connectivity index (χ0n) is 14.6. The third-order valence-electron chi connectivity index (χ3n) is 4.26. The van der Waals surface area contributed by atoms with Crippen molar-refractivity contribution < 1.29 is 9.53 Å². The van der Waals surface area contributed by atoms with Crippen LogP contribution in [0.2, 0.25) is 0 Å². The molecule has 0 spiro atoms. The summed E-state index contributed by atoms with van der Waals surface area (Å²) in [6.07, 6.45) is 3.50. The first-order valence-corrected chi connectivity index (χ1v) is 8.25. The van der Waals surface area contributed by atoms with E-state index in [1.54, 1.807) is 31.6 Å². The minimum absolute atomic E-state index is 0.0228. The predicted molar refractivity (Wildman–Crippen MR) is 98.4 cm³/mol. The molecular weight excluding hydrogens is 330 g/mol. The molecule has 132 valence electrons. The molecule has 0 unspecified atom stereocenters. The average Bonchev–Trinajstić information content (AvgIpc) is 2.69. The molecule has 0 saturated carbocycles. The number of benzene rings is 1. The molecule has 1 N–H and O–H groups in total. The maximum Gasteiger partial charge on any atom is 0.275 e. The highest BCUT2D eigenvalue weighted by atomic mass is 16.5. The van der Waals surface area contributed by atoms with Crippen LogP contribution in [0.5, 0.6) is 5.75 Å². The third kappa shape index (κ3) is 3.85. The van der Waals surface area contributed by atoms with Crippen LogP contribution in [-0.4, -0.2) is 28.1 Å². The molecule has 0 amide bonds. The number of methoxy groups -OCH3 is 1. The monoisotopic (exact) mass is 349 g/mol. The summed E-state index contributed by atoms with van der Waals surface area (Å²) in [4.78, 5) is 28.7. The maximum absolute atomic E-state index is 12.7. The fourth-order valence-corrected chi connectivity index (χ4v) is 2.72. The van der Waals surface area contributed by atoms with E-state index in [4.69, 9.17) is 4.74 Å². The van der Waals surface area contributed by atoms with Gasteiger partial charge in [0.1, 0.15) is 5.75 Å². The highest BCUT2D eigenvalue weighted by Gasteiger charge is 2.17. The lowest BCUT2D eigenvalue weighted by Gasteiger charge is -2.12. The smallest absolute Gasteiger partial charge is 0.275 e. The Labute approximate surface area is 150 Å². The fourth-order valence-electron chi connectivity index (χ4n) is 2.72. The third-order valence-corrected chi connectivity index (χ3v) is 4.26. The largest absolute Gasteiger partial charge is 0.497 e. The van der Waals surface area contributed by atoms with Gasteiger partial charge in [0.05, 0.1) is 18.4 Å². The number of carbonyl (C=O) groups is 1. The molecule has 26 heavy (non-hydrogen) atoms. The number of pyridine rings is 1. The minimum atomic E-state index is -0.477. The number of Topliss-reactive ketones (excluding diaryl/α,β-unsaturated/α-hetero) is 1. The van der Waals surface area contributed by atoms with Gasteiger partial charge in [-0.1, -0.05) is 19.1 Å². The zero-order valence-corrected chi connectivity index (χ0v) is 14.6. The van der Waals surface area contributed by atoms with E-state index in [0.717, 1.165) is 16.9 Å². The number of nitrogens with zero attached hydrogens (tertiary/aromatic N) is 2. The van der Waals surface area contributed by atoms with E-state index in [0.29, 0.717) is 5.69 Å². The van der Waals surface area contributed by atoms with Crippen LogP contribution in [0.4, 0.5) is 0 Å². The summed E-state index contributed by atoms with van der Waals surface area (Å²) in [6.45, 7) is 1.96. The normalized spacial score (nSPS) is 11.8. The molecule has 6 heteroatoms. The summed E-state index contributed by atoms with van der Waals surface area (Å²) in [7, 11) is 1.61. The molecule has 1 atom stereocenters. The van der Waals surface area contributed by atoms with Crippen LogP contribution in [-0.2, 0) is 0 Å². The Balaban J connectivity index is 1.81. The molecule has 2 aromatic heterocycles. The Hall–Kier alpha value is -3.28. The Kier molecular flexibility index (Phi) is 5.22. The van der Waals surface area contributed by atoms with Crippen LogP contribution < -0.4 is 10.3 Å². The number of ether oxygens (including phenoxy) is 1. The van der Waals surface area contributed by atoms with Crippen molar-refractivity contribution in [2.24, 2.45) is 0 Å². The summed E-state index contributed by atoms with van der Waals surface area (Å²) < 4.78 is 5.15. The highest BCUT2D eigenvalue weighted by Crippen LogP contribution is 2.23. The summed E-state index contributed by atoms with van der Waals surface area (Å²) in [5.41, 5.74) is 1.97. The molecule has 0 radical (unpaired) electrons.